The second-order valence-corrected chi connectivity index (χ2v) is 7.60. The number of ketones is 1. The Bertz CT molecular complexity index is 1050. The number of carbonyl (C=O) groups excluding carboxylic acids is 1. The minimum Gasteiger partial charge on any atom is -0.361 e. The normalized spacial score (nSPS) is 22.3. The van der Waals surface area contributed by atoms with Crippen LogP contribution in [0.3, 0.4) is 0 Å². The lowest BCUT2D eigenvalue weighted by Gasteiger charge is -2.42. The van der Waals surface area contributed by atoms with E-state index in [1.165, 1.54) is 0 Å². The summed E-state index contributed by atoms with van der Waals surface area (Å²) in [5.74, 6) is 0.946. The lowest BCUT2D eigenvalue weighted by molar-refractivity contribution is 0.0817. The molecule has 26 heavy (non-hydrogen) atoms. The number of aromatic amines is 1. The molecule has 2 aromatic heterocycles. The fraction of sp³-hybridized carbons (Fsp3) is 0.333. The summed E-state index contributed by atoms with van der Waals surface area (Å²) in [5, 5.41) is 1.12. The molecule has 0 saturated carbocycles. The molecule has 5 heteroatoms. The maximum atomic E-state index is 12.8. The number of H-pyrrole nitrogens is 1. The van der Waals surface area contributed by atoms with Gasteiger partial charge in [-0.15, -0.1) is 0 Å². The van der Waals surface area contributed by atoms with Gasteiger partial charge in [0.05, 0.1) is 6.54 Å². The summed E-state index contributed by atoms with van der Waals surface area (Å²) >= 11 is 0. The highest BCUT2D eigenvalue weighted by Gasteiger charge is 2.34. The fourth-order valence-corrected chi connectivity index (χ4v) is 4.64. The van der Waals surface area contributed by atoms with E-state index in [0.717, 1.165) is 48.2 Å². The number of benzene rings is 1. The van der Waals surface area contributed by atoms with E-state index in [0.29, 0.717) is 18.4 Å². The maximum absolute atomic E-state index is 12.8. The van der Waals surface area contributed by atoms with Crippen molar-refractivity contribution >= 4 is 16.7 Å². The highest BCUT2D eigenvalue weighted by molar-refractivity contribution is 6.00. The van der Waals surface area contributed by atoms with Crippen LogP contribution in [0.4, 0.5) is 0 Å². The molecule has 1 fully saturated rings. The van der Waals surface area contributed by atoms with Crippen molar-refractivity contribution in [3.63, 3.8) is 0 Å². The molecule has 2 atom stereocenters. The summed E-state index contributed by atoms with van der Waals surface area (Å²) in [7, 11) is 0. The standard InChI is InChI=1S/C21H21N3O2/c25-20(16-5-4-15-6-7-22-18(15)9-16)13-23-10-14-8-17(12-23)19-2-1-3-21(26)24(19)11-14/h1-7,9,14,17,22H,8,10-13H2/t14-,17-/m0/s1. The summed E-state index contributed by atoms with van der Waals surface area (Å²) in [6.45, 7) is 2.94. The van der Waals surface area contributed by atoms with Gasteiger partial charge in [0.25, 0.3) is 5.56 Å². The van der Waals surface area contributed by atoms with Gasteiger partial charge in [0, 0.05) is 54.6 Å². The van der Waals surface area contributed by atoms with Crippen LogP contribution in [0.1, 0.15) is 28.4 Å². The molecule has 0 aliphatic carbocycles. The predicted molar refractivity (Wildman–Crippen MR) is 101 cm³/mol. The zero-order valence-electron chi connectivity index (χ0n) is 14.5. The molecular formula is C21H21N3O2. The third-order valence-electron chi connectivity index (χ3n) is 5.80. The Balaban J connectivity index is 1.36. The van der Waals surface area contributed by atoms with Crippen molar-refractivity contribution in [2.45, 2.75) is 18.9 Å². The molecule has 2 aliphatic rings. The molecule has 4 heterocycles. The summed E-state index contributed by atoms with van der Waals surface area (Å²) in [5.41, 5.74) is 2.98. The Labute approximate surface area is 151 Å². The number of likely N-dealkylation sites (tertiary alicyclic amines) is 1. The van der Waals surface area contributed by atoms with Crippen LogP contribution in [-0.4, -0.2) is 39.9 Å². The number of hydrogen-bond donors (Lipinski definition) is 1. The number of aromatic nitrogens is 2. The van der Waals surface area contributed by atoms with E-state index in [2.05, 4.69) is 16.0 Å². The van der Waals surface area contributed by atoms with E-state index in [4.69, 9.17) is 0 Å². The van der Waals surface area contributed by atoms with Crippen LogP contribution < -0.4 is 5.56 Å². The molecule has 3 aromatic rings. The van der Waals surface area contributed by atoms with Gasteiger partial charge in [-0.25, -0.2) is 0 Å². The van der Waals surface area contributed by atoms with E-state index >= 15 is 0 Å². The molecule has 1 saturated heterocycles. The molecule has 132 valence electrons. The number of fused-ring (bicyclic) bond motifs is 5. The van der Waals surface area contributed by atoms with Crippen LogP contribution in [0.15, 0.2) is 53.5 Å². The van der Waals surface area contributed by atoms with E-state index in [-0.39, 0.29) is 11.3 Å². The fourth-order valence-electron chi connectivity index (χ4n) is 4.64. The molecule has 2 aliphatic heterocycles. The largest absolute Gasteiger partial charge is 0.361 e. The van der Waals surface area contributed by atoms with Crippen LogP contribution in [-0.2, 0) is 6.54 Å². The number of rotatable bonds is 3. The molecule has 0 spiro atoms. The SMILES string of the molecule is O=C(CN1C[C@@H]2C[C@@H](C1)c1cccc(=O)n1C2)c1ccc2cc[nH]c2c1. The molecule has 0 unspecified atom stereocenters. The van der Waals surface area contributed by atoms with Crippen molar-refractivity contribution in [3.8, 4) is 0 Å². The van der Waals surface area contributed by atoms with Gasteiger partial charge in [0.2, 0.25) is 0 Å². The van der Waals surface area contributed by atoms with E-state index < -0.39 is 0 Å². The van der Waals surface area contributed by atoms with Gasteiger partial charge in [-0.05, 0) is 35.9 Å². The minimum atomic E-state index is 0.0981. The number of nitrogens with one attached hydrogen (secondary N) is 1. The van der Waals surface area contributed by atoms with Gasteiger partial charge >= 0.3 is 0 Å². The van der Waals surface area contributed by atoms with Crippen molar-refractivity contribution in [2.24, 2.45) is 5.92 Å². The number of carbonyl (C=O) groups is 1. The van der Waals surface area contributed by atoms with Gasteiger partial charge in [0.1, 0.15) is 0 Å². The quantitative estimate of drug-likeness (QED) is 0.741. The van der Waals surface area contributed by atoms with Crippen LogP contribution in [0.2, 0.25) is 0 Å². The predicted octanol–water partition coefficient (Wildman–Crippen LogP) is 2.63. The number of pyridine rings is 1. The van der Waals surface area contributed by atoms with Crippen molar-refractivity contribution < 1.29 is 4.79 Å². The molecule has 1 N–H and O–H groups in total. The molecule has 0 amide bonds. The average molecular weight is 347 g/mol. The van der Waals surface area contributed by atoms with Crippen molar-refractivity contribution in [1.82, 2.24) is 14.5 Å². The topological polar surface area (TPSA) is 58.1 Å². The molecule has 5 nitrogen and oxygen atoms in total. The van der Waals surface area contributed by atoms with Crippen molar-refractivity contribution in [3.05, 3.63) is 70.3 Å². The average Bonchev–Trinajstić information content (AvgIpc) is 3.10. The van der Waals surface area contributed by atoms with Gasteiger partial charge in [-0.3, -0.25) is 14.5 Å². The van der Waals surface area contributed by atoms with Crippen LogP contribution in [0, 0.1) is 5.92 Å². The monoisotopic (exact) mass is 347 g/mol. The Morgan fingerprint density at radius 1 is 1.12 bits per heavy atom. The zero-order valence-corrected chi connectivity index (χ0v) is 14.5. The third-order valence-corrected chi connectivity index (χ3v) is 5.80. The van der Waals surface area contributed by atoms with Gasteiger partial charge in [0.15, 0.2) is 5.78 Å². The summed E-state index contributed by atoms with van der Waals surface area (Å²) in [6, 6.07) is 13.4. The lowest BCUT2D eigenvalue weighted by Crippen LogP contribution is -2.48. The van der Waals surface area contributed by atoms with Gasteiger partial charge in [-0.1, -0.05) is 18.2 Å². The summed E-state index contributed by atoms with van der Waals surface area (Å²) in [6.07, 6.45) is 3.01. The Morgan fingerprint density at radius 3 is 2.96 bits per heavy atom. The number of hydrogen-bond acceptors (Lipinski definition) is 3. The molecule has 0 radical (unpaired) electrons. The van der Waals surface area contributed by atoms with Gasteiger partial charge in [-0.2, -0.15) is 0 Å². The molecule has 2 bridgehead atoms. The van der Waals surface area contributed by atoms with Crippen LogP contribution in [0.5, 0.6) is 0 Å². The smallest absolute Gasteiger partial charge is 0.250 e. The van der Waals surface area contributed by atoms with E-state index in [1.807, 2.05) is 41.1 Å². The summed E-state index contributed by atoms with van der Waals surface area (Å²) in [4.78, 5) is 30.3. The second-order valence-electron chi connectivity index (χ2n) is 7.60. The van der Waals surface area contributed by atoms with Crippen molar-refractivity contribution in [1.29, 1.82) is 0 Å². The van der Waals surface area contributed by atoms with Crippen LogP contribution in [0.25, 0.3) is 10.9 Å². The molecular weight excluding hydrogens is 326 g/mol. The number of Topliss-reactive ketones (excluding diaryl/α,β-unsaturated/α-hetero) is 1. The number of piperidine rings is 1. The highest BCUT2D eigenvalue weighted by atomic mass is 16.1. The first-order valence-corrected chi connectivity index (χ1v) is 9.20. The maximum Gasteiger partial charge on any atom is 0.250 e. The first-order valence-electron chi connectivity index (χ1n) is 9.20. The van der Waals surface area contributed by atoms with E-state index in [1.54, 1.807) is 6.07 Å². The van der Waals surface area contributed by atoms with E-state index in [9.17, 15) is 9.59 Å². The van der Waals surface area contributed by atoms with Crippen molar-refractivity contribution in [2.75, 3.05) is 19.6 Å². The highest BCUT2D eigenvalue weighted by Crippen LogP contribution is 2.34. The lowest BCUT2D eigenvalue weighted by atomic mass is 9.83. The molecule has 1 aromatic carbocycles. The number of nitrogens with zero attached hydrogens (tertiary/aromatic N) is 2. The third kappa shape index (κ3) is 2.59. The second kappa shape index (κ2) is 5.95. The van der Waals surface area contributed by atoms with Gasteiger partial charge < -0.3 is 9.55 Å². The Morgan fingerprint density at radius 2 is 2.04 bits per heavy atom. The zero-order chi connectivity index (χ0) is 17.7. The first kappa shape index (κ1) is 15.6. The Kier molecular flexibility index (Phi) is 3.57. The van der Waals surface area contributed by atoms with Crippen LogP contribution >= 0.6 is 0 Å². The Hall–Kier alpha value is -2.66. The summed E-state index contributed by atoms with van der Waals surface area (Å²) < 4.78 is 1.93. The first-order chi connectivity index (χ1) is 12.7. The molecule has 5 rings (SSSR count). The minimum absolute atomic E-state index is 0.0981.